The Balaban J connectivity index is 1.33. The molecule has 0 fully saturated rings. The molecule has 3 aromatic heterocycles. The second-order valence-electron chi connectivity index (χ2n) is 6.39. The van der Waals surface area contributed by atoms with Gasteiger partial charge in [0.05, 0.1) is 12.7 Å². The summed E-state index contributed by atoms with van der Waals surface area (Å²) < 4.78 is 7.94. The third kappa shape index (κ3) is 2.62. The fourth-order valence-electron chi connectivity index (χ4n) is 3.42. The van der Waals surface area contributed by atoms with Gasteiger partial charge in [0.1, 0.15) is 23.4 Å². The normalized spacial score (nSPS) is 17.0. The Morgan fingerprint density at radius 1 is 1.32 bits per heavy atom. The molecule has 0 aliphatic carbocycles. The zero-order valence-electron chi connectivity index (χ0n) is 13.6. The molecule has 0 radical (unpaired) electrons. The lowest BCUT2D eigenvalue weighted by molar-refractivity contribution is 0.358. The van der Waals surface area contributed by atoms with Crippen LogP contribution in [0.3, 0.4) is 0 Å². The van der Waals surface area contributed by atoms with E-state index in [4.69, 9.17) is 4.42 Å². The molecule has 25 heavy (non-hydrogen) atoms. The number of fused-ring (bicyclic) bond motifs is 2. The first kappa shape index (κ1) is 14.4. The van der Waals surface area contributed by atoms with Gasteiger partial charge < -0.3 is 9.73 Å². The lowest BCUT2D eigenvalue weighted by Gasteiger charge is -2.23. The van der Waals surface area contributed by atoms with Crippen LogP contribution < -0.4 is 5.32 Å². The molecule has 126 valence electrons. The molecular formula is C18H18N6O. The number of rotatable bonds is 4. The number of hydrogen-bond donors (Lipinski definition) is 2. The highest BCUT2D eigenvalue weighted by Gasteiger charge is 2.20. The van der Waals surface area contributed by atoms with Crippen molar-refractivity contribution in [3.63, 3.8) is 0 Å². The minimum Gasteiger partial charge on any atom is -0.454 e. The fourth-order valence-corrected chi connectivity index (χ4v) is 3.42. The van der Waals surface area contributed by atoms with Crippen LogP contribution >= 0.6 is 0 Å². The van der Waals surface area contributed by atoms with Gasteiger partial charge in [-0.3, -0.25) is 5.10 Å². The van der Waals surface area contributed by atoms with Crippen LogP contribution in [0, 0.1) is 0 Å². The van der Waals surface area contributed by atoms with Crippen LogP contribution in [0.15, 0.2) is 47.3 Å². The van der Waals surface area contributed by atoms with Gasteiger partial charge in [0.15, 0.2) is 5.76 Å². The van der Waals surface area contributed by atoms with Gasteiger partial charge in [-0.1, -0.05) is 18.2 Å². The molecular weight excluding hydrogens is 316 g/mol. The van der Waals surface area contributed by atoms with Gasteiger partial charge in [0, 0.05) is 30.0 Å². The first-order valence-corrected chi connectivity index (χ1v) is 8.48. The molecule has 0 spiro atoms. The van der Waals surface area contributed by atoms with Gasteiger partial charge in [-0.05, 0) is 18.6 Å². The summed E-state index contributed by atoms with van der Waals surface area (Å²) in [5, 5.41) is 16.3. The van der Waals surface area contributed by atoms with E-state index in [-0.39, 0.29) is 0 Å². The highest BCUT2D eigenvalue weighted by molar-refractivity contribution is 5.82. The van der Waals surface area contributed by atoms with Crippen molar-refractivity contribution < 1.29 is 4.42 Å². The number of para-hydroxylation sites is 1. The van der Waals surface area contributed by atoms with E-state index in [1.807, 2.05) is 35.1 Å². The molecule has 1 aromatic carbocycles. The largest absolute Gasteiger partial charge is 0.454 e. The lowest BCUT2D eigenvalue weighted by Crippen LogP contribution is -2.37. The van der Waals surface area contributed by atoms with E-state index in [1.54, 1.807) is 6.33 Å². The van der Waals surface area contributed by atoms with Gasteiger partial charge in [-0.15, -0.1) is 0 Å². The smallest absolute Gasteiger partial charge is 0.153 e. The Morgan fingerprint density at radius 2 is 2.28 bits per heavy atom. The number of aromatic nitrogens is 5. The van der Waals surface area contributed by atoms with E-state index >= 15 is 0 Å². The summed E-state index contributed by atoms with van der Waals surface area (Å²) in [6.07, 6.45) is 5.52. The average Bonchev–Trinajstić information content (AvgIpc) is 3.36. The summed E-state index contributed by atoms with van der Waals surface area (Å²) in [6, 6.07) is 10.5. The van der Waals surface area contributed by atoms with Crippen LogP contribution in [0.25, 0.3) is 22.4 Å². The van der Waals surface area contributed by atoms with Gasteiger partial charge in [0.2, 0.25) is 0 Å². The van der Waals surface area contributed by atoms with E-state index in [2.05, 4.69) is 31.7 Å². The van der Waals surface area contributed by atoms with Gasteiger partial charge >= 0.3 is 0 Å². The van der Waals surface area contributed by atoms with Crippen molar-refractivity contribution in [3.05, 3.63) is 54.2 Å². The summed E-state index contributed by atoms with van der Waals surface area (Å²) in [6.45, 7) is 1.59. The molecule has 0 saturated heterocycles. The van der Waals surface area contributed by atoms with Crippen molar-refractivity contribution in [2.45, 2.75) is 32.0 Å². The van der Waals surface area contributed by atoms with Crippen molar-refractivity contribution in [3.8, 4) is 11.5 Å². The maximum Gasteiger partial charge on any atom is 0.153 e. The summed E-state index contributed by atoms with van der Waals surface area (Å²) in [7, 11) is 0. The third-order valence-corrected chi connectivity index (χ3v) is 4.78. The first-order chi connectivity index (χ1) is 12.4. The molecule has 0 amide bonds. The molecule has 1 aliphatic heterocycles. The molecule has 0 unspecified atom stereocenters. The van der Waals surface area contributed by atoms with Gasteiger partial charge in [-0.25, -0.2) is 9.67 Å². The Morgan fingerprint density at radius 3 is 3.24 bits per heavy atom. The van der Waals surface area contributed by atoms with Crippen LogP contribution in [0.1, 0.15) is 17.8 Å². The predicted octanol–water partition coefficient (Wildman–Crippen LogP) is 2.52. The van der Waals surface area contributed by atoms with Crippen LogP contribution in [-0.4, -0.2) is 31.0 Å². The minimum absolute atomic E-state index is 0.382. The zero-order chi connectivity index (χ0) is 16.6. The average molecular weight is 334 g/mol. The van der Waals surface area contributed by atoms with Crippen LogP contribution in [0.4, 0.5) is 0 Å². The van der Waals surface area contributed by atoms with Crippen molar-refractivity contribution in [2.24, 2.45) is 0 Å². The van der Waals surface area contributed by atoms with E-state index in [9.17, 15) is 0 Å². The summed E-state index contributed by atoms with van der Waals surface area (Å²) >= 11 is 0. The summed E-state index contributed by atoms with van der Waals surface area (Å²) in [4.78, 5) is 4.27. The Labute approximate surface area is 144 Å². The van der Waals surface area contributed by atoms with E-state index in [0.717, 1.165) is 59.7 Å². The molecule has 7 heteroatoms. The number of aryl methyl sites for hydroxylation is 1. The van der Waals surface area contributed by atoms with Crippen molar-refractivity contribution >= 4 is 11.0 Å². The number of hydrogen-bond acceptors (Lipinski definition) is 5. The second-order valence-corrected chi connectivity index (χ2v) is 6.39. The van der Waals surface area contributed by atoms with E-state index in [1.165, 1.54) is 0 Å². The Bertz CT molecular complexity index is 980. The SMILES string of the molecule is c1ccc2oc(-c3[nH]ncc3CN[C@H]3CCc4ncnn4C3)cc2c1. The van der Waals surface area contributed by atoms with Crippen molar-refractivity contribution in [1.29, 1.82) is 0 Å². The Hall–Kier alpha value is -2.93. The first-order valence-electron chi connectivity index (χ1n) is 8.48. The van der Waals surface area contributed by atoms with Gasteiger partial charge in [0.25, 0.3) is 0 Å². The maximum absolute atomic E-state index is 5.96. The third-order valence-electron chi connectivity index (χ3n) is 4.78. The number of nitrogens with zero attached hydrogens (tertiary/aromatic N) is 4. The molecule has 5 rings (SSSR count). The standard InChI is InChI=1S/C18H18N6O/c1-2-4-15-12(3-1)7-16(25-15)18-13(9-21-23-18)8-19-14-5-6-17-20-11-22-24(17)10-14/h1-4,7,9,11,14,19H,5-6,8,10H2,(H,21,23)/t14-/m0/s1. The monoisotopic (exact) mass is 334 g/mol. The molecule has 1 atom stereocenters. The van der Waals surface area contributed by atoms with E-state index < -0.39 is 0 Å². The topological polar surface area (TPSA) is 84.6 Å². The number of nitrogens with one attached hydrogen (secondary N) is 2. The zero-order valence-corrected chi connectivity index (χ0v) is 13.6. The number of benzene rings is 1. The molecule has 7 nitrogen and oxygen atoms in total. The van der Waals surface area contributed by atoms with Crippen molar-refractivity contribution in [2.75, 3.05) is 0 Å². The van der Waals surface area contributed by atoms with Crippen LogP contribution in [-0.2, 0) is 19.5 Å². The minimum atomic E-state index is 0.382. The van der Waals surface area contributed by atoms with Crippen LogP contribution in [0.2, 0.25) is 0 Å². The summed E-state index contributed by atoms with van der Waals surface area (Å²) in [5.74, 6) is 1.89. The number of furan rings is 1. The van der Waals surface area contributed by atoms with E-state index in [0.29, 0.717) is 6.04 Å². The lowest BCUT2D eigenvalue weighted by atomic mass is 10.1. The molecule has 4 aromatic rings. The maximum atomic E-state index is 5.96. The quantitative estimate of drug-likeness (QED) is 0.599. The van der Waals surface area contributed by atoms with Crippen molar-refractivity contribution in [1.82, 2.24) is 30.3 Å². The number of H-pyrrole nitrogens is 1. The highest BCUT2D eigenvalue weighted by atomic mass is 16.3. The number of aromatic amines is 1. The highest BCUT2D eigenvalue weighted by Crippen LogP contribution is 2.28. The molecule has 0 saturated carbocycles. The molecule has 0 bridgehead atoms. The second kappa shape index (κ2) is 5.86. The molecule has 4 heterocycles. The van der Waals surface area contributed by atoms with Crippen LogP contribution in [0.5, 0.6) is 0 Å². The fraction of sp³-hybridized carbons (Fsp3) is 0.278. The summed E-state index contributed by atoms with van der Waals surface area (Å²) in [5.41, 5.74) is 2.92. The molecule has 1 aliphatic rings. The Kier molecular flexibility index (Phi) is 3.38. The predicted molar refractivity (Wildman–Crippen MR) is 92.8 cm³/mol. The van der Waals surface area contributed by atoms with Gasteiger partial charge in [-0.2, -0.15) is 10.2 Å². The molecule has 2 N–H and O–H groups in total.